The highest BCUT2D eigenvalue weighted by Crippen LogP contribution is 2.13. The molecule has 2 amide bonds. The number of rotatable bonds is 2. The molecule has 3 rings (SSSR count). The second-order valence-electron chi connectivity index (χ2n) is 5.53. The second kappa shape index (κ2) is 5.25. The van der Waals surface area contributed by atoms with E-state index in [4.69, 9.17) is 0 Å². The predicted molar refractivity (Wildman–Crippen MR) is 75.5 cm³/mol. The SMILES string of the molecule is CN1C(=O)C[C@@H]([NH+]2CCN(c3ccccc3)CC2)C1=O. The first kappa shape index (κ1) is 13.1. The molecule has 5 nitrogen and oxygen atoms in total. The molecule has 0 unspecified atom stereocenters. The van der Waals surface area contributed by atoms with Gasteiger partial charge in [0.25, 0.3) is 5.91 Å². The number of hydrogen-bond acceptors (Lipinski definition) is 3. The number of carbonyl (C=O) groups excluding carboxylic acids is 2. The van der Waals surface area contributed by atoms with Crippen LogP contribution in [0, 0.1) is 0 Å². The number of quaternary nitrogens is 1. The number of benzene rings is 1. The van der Waals surface area contributed by atoms with Crippen LogP contribution in [0.2, 0.25) is 0 Å². The molecular formula is C15H20N3O2+. The lowest BCUT2D eigenvalue weighted by molar-refractivity contribution is -0.915. The Bertz CT molecular complexity index is 509. The van der Waals surface area contributed by atoms with Crippen LogP contribution in [0.1, 0.15) is 6.42 Å². The lowest BCUT2D eigenvalue weighted by Crippen LogP contribution is -3.19. The minimum atomic E-state index is -0.162. The molecule has 1 aromatic rings. The van der Waals surface area contributed by atoms with Crippen LogP contribution >= 0.6 is 0 Å². The number of anilines is 1. The van der Waals surface area contributed by atoms with Crippen LogP contribution in [-0.2, 0) is 9.59 Å². The molecule has 0 aromatic heterocycles. The van der Waals surface area contributed by atoms with E-state index in [1.54, 1.807) is 7.05 Å². The third-order valence-electron chi connectivity index (χ3n) is 4.40. The lowest BCUT2D eigenvalue weighted by atomic mass is 10.1. The number of likely N-dealkylation sites (tertiary alicyclic amines) is 1. The summed E-state index contributed by atoms with van der Waals surface area (Å²) in [4.78, 5) is 28.5. The first-order valence-corrected chi connectivity index (χ1v) is 7.12. The van der Waals surface area contributed by atoms with Crippen LogP contribution < -0.4 is 9.80 Å². The summed E-state index contributed by atoms with van der Waals surface area (Å²) in [5.74, 6) is -0.0591. The van der Waals surface area contributed by atoms with Crippen LogP contribution in [-0.4, -0.2) is 56.0 Å². The van der Waals surface area contributed by atoms with Gasteiger partial charge in [-0.3, -0.25) is 14.5 Å². The highest BCUT2D eigenvalue weighted by Gasteiger charge is 2.43. The van der Waals surface area contributed by atoms with E-state index in [1.165, 1.54) is 15.5 Å². The van der Waals surface area contributed by atoms with Crippen molar-refractivity contribution in [3.8, 4) is 0 Å². The lowest BCUT2D eigenvalue weighted by Gasteiger charge is -2.35. The molecule has 1 atom stereocenters. The number of carbonyl (C=O) groups is 2. The third kappa shape index (κ3) is 2.29. The van der Waals surface area contributed by atoms with E-state index in [1.807, 2.05) is 18.2 Å². The fourth-order valence-electron chi connectivity index (χ4n) is 3.11. The van der Waals surface area contributed by atoms with Crippen molar-refractivity contribution >= 4 is 17.5 Å². The second-order valence-corrected chi connectivity index (χ2v) is 5.53. The van der Waals surface area contributed by atoms with Crippen molar-refractivity contribution in [3.05, 3.63) is 30.3 Å². The number of para-hydroxylation sites is 1. The van der Waals surface area contributed by atoms with Crippen molar-refractivity contribution in [2.45, 2.75) is 12.5 Å². The van der Waals surface area contributed by atoms with Gasteiger partial charge in [0.05, 0.1) is 32.6 Å². The zero-order valence-corrected chi connectivity index (χ0v) is 11.7. The summed E-state index contributed by atoms with van der Waals surface area (Å²) in [6.45, 7) is 3.68. The Morgan fingerprint density at radius 1 is 1.10 bits per heavy atom. The van der Waals surface area contributed by atoms with Crippen LogP contribution in [0.5, 0.6) is 0 Å². The average molecular weight is 274 g/mol. The molecule has 2 aliphatic rings. The van der Waals surface area contributed by atoms with Crippen molar-refractivity contribution in [1.29, 1.82) is 0 Å². The standard InChI is InChI=1S/C15H19N3O2/c1-16-14(19)11-13(15(16)20)18-9-7-17(8-10-18)12-5-3-2-4-6-12/h2-6,13H,7-11H2,1H3/p+1/t13-/m1/s1. The van der Waals surface area contributed by atoms with Gasteiger partial charge >= 0.3 is 0 Å². The van der Waals surface area contributed by atoms with E-state index in [0.29, 0.717) is 6.42 Å². The first-order chi connectivity index (χ1) is 9.66. The predicted octanol–water partition coefficient (Wildman–Crippen LogP) is -0.851. The summed E-state index contributed by atoms with van der Waals surface area (Å²) in [5, 5.41) is 0. The molecular weight excluding hydrogens is 254 g/mol. The summed E-state index contributed by atoms with van der Waals surface area (Å²) in [6.07, 6.45) is 0.371. The van der Waals surface area contributed by atoms with E-state index in [0.717, 1.165) is 26.2 Å². The van der Waals surface area contributed by atoms with Gasteiger partial charge in [0.1, 0.15) is 0 Å². The quantitative estimate of drug-likeness (QED) is 0.715. The molecule has 0 spiro atoms. The van der Waals surface area contributed by atoms with E-state index in [-0.39, 0.29) is 17.9 Å². The number of hydrogen-bond donors (Lipinski definition) is 1. The Labute approximate surface area is 118 Å². The molecule has 0 bridgehead atoms. The van der Waals surface area contributed by atoms with Crippen molar-refractivity contribution in [2.24, 2.45) is 0 Å². The van der Waals surface area contributed by atoms with Gasteiger partial charge in [-0.05, 0) is 12.1 Å². The molecule has 2 saturated heterocycles. The highest BCUT2D eigenvalue weighted by atomic mass is 16.2. The Morgan fingerprint density at radius 2 is 1.75 bits per heavy atom. The fourth-order valence-corrected chi connectivity index (χ4v) is 3.11. The summed E-state index contributed by atoms with van der Waals surface area (Å²) in [5.41, 5.74) is 1.23. The number of piperazine rings is 1. The summed E-state index contributed by atoms with van der Waals surface area (Å²) >= 11 is 0. The highest BCUT2D eigenvalue weighted by molar-refractivity contribution is 6.04. The average Bonchev–Trinajstić information content (AvgIpc) is 2.76. The molecule has 2 aliphatic heterocycles. The van der Waals surface area contributed by atoms with Crippen molar-refractivity contribution in [1.82, 2.24) is 4.90 Å². The molecule has 2 fully saturated rings. The Hall–Kier alpha value is -1.88. The third-order valence-corrected chi connectivity index (χ3v) is 4.40. The molecule has 0 saturated carbocycles. The Kier molecular flexibility index (Phi) is 3.44. The number of nitrogens with one attached hydrogen (secondary N) is 1. The number of nitrogens with zero attached hydrogens (tertiary/aromatic N) is 2. The van der Waals surface area contributed by atoms with Gasteiger partial charge in [0.2, 0.25) is 5.91 Å². The van der Waals surface area contributed by atoms with Crippen molar-refractivity contribution in [3.63, 3.8) is 0 Å². The molecule has 2 heterocycles. The van der Waals surface area contributed by atoms with E-state index >= 15 is 0 Å². The summed E-state index contributed by atoms with van der Waals surface area (Å²) in [7, 11) is 1.59. The van der Waals surface area contributed by atoms with Gasteiger partial charge in [0.15, 0.2) is 6.04 Å². The fraction of sp³-hybridized carbons (Fsp3) is 0.467. The Morgan fingerprint density at radius 3 is 2.30 bits per heavy atom. The summed E-state index contributed by atoms with van der Waals surface area (Å²) < 4.78 is 0. The maximum atomic E-state index is 12.0. The first-order valence-electron chi connectivity index (χ1n) is 7.12. The van der Waals surface area contributed by atoms with Gasteiger partial charge in [-0.2, -0.15) is 0 Å². The van der Waals surface area contributed by atoms with Gasteiger partial charge in [-0.15, -0.1) is 0 Å². The maximum Gasteiger partial charge on any atom is 0.287 e. The van der Waals surface area contributed by atoms with Gasteiger partial charge in [-0.25, -0.2) is 0 Å². The van der Waals surface area contributed by atoms with Crippen LogP contribution in [0.3, 0.4) is 0 Å². The van der Waals surface area contributed by atoms with E-state index < -0.39 is 0 Å². The molecule has 20 heavy (non-hydrogen) atoms. The Balaban J connectivity index is 1.62. The molecule has 1 aromatic carbocycles. The topological polar surface area (TPSA) is 45.1 Å². The number of amides is 2. The van der Waals surface area contributed by atoms with Gasteiger partial charge in [-0.1, -0.05) is 18.2 Å². The molecule has 0 aliphatic carbocycles. The van der Waals surface area contributed by atoms with Crippen molar-refractivity contribution in [2.75, 3.05) is 38.1 Å². The largest absolute Gasteiger partial charge is 0.360 e. The van der Waals surface area contributed by atoms with Crippen LogP contribution in [0.25, 0.3) is 0 Å². The van der Waals surface area contributed by atoms with Crippen LogP contribution in [0.15, 0.2) is 30.3 Å². The number of imide groups is 1. The zero-order valence-electron chi connectivity index (χ0n) is 11.7. The molecule has 1 N–H and O–H groups in total. The molecule has 5 heteroatoms. The molecule has 106 valence electrons. The smallest absolute Gasteiger partial charge is 0.287 e. The maximum absolute atomic E-state index is 12.0. The van der Waals surface area contributed by atoms with Gasteiger partial charge < -0.3 is 9.80 Å². The van der Waals surface area contributed by atoms with E-state index in [9.17, 15) is 9.59 Å². The zero-order chi connectivity index (χ0) is 14.1. The number of likely N-dealkylation sites (N-methyl/N-ethyl adjacent to an activating group) is 1. The minimum Gasteiger partial charge on any atom is -0.360 e. The van der Waals surface area contributed by atoms with Crippen molar-refractivity contribution < 1.29 is 14.5 Å². The molecule has 0 radical (unpaired) electrons. The van der Waals surface area contributed by atoms with Crippen LogP contribution in [0.4, 0.5) is 5.69 Å². The normalized spacial score (nSPS) is 24.6. The van der Waals surface area contributed by atoms with Gasteiger partial charge in [0, 0.05) is 12.7 Å². The monoisotopic (exact) mass is 274 g/mol. The summed E-state index contributed by atoms with van der Waals surface area (Å²) in [6, 6.07) is 10.2. The van der Waals surface area contributed by atoms with E-state index in [2.05, 4.69) is 17.0 Å². The minimum absolute atomic E-state index is 0.0156.